The van der Waals surface area contributed by atoms with Gasteiger partial charge in [-0.05, 0) is 37.6 Å². The first-order valence-corrected chi connectivity index (χ1v) is 7.62. The molecule has 0 heterocycles. The minimum Gasteiger partial charge on any atom is -0.381 e. The molecule has 0 saturated heterocycles. The molecule has 1 amide bonds. The lowest BCUT2D eigenvalue weighted by molar-refractivity contribution is -0.116. The van der Waals surface area contributed by atoms with Crippen LogP contribution in [0.3, 0.4) is 0 Å². The van der Waals surface area contributed by atoms with Gasteiger partial charge in [0.1, 0.15) is 5.82 Å². The summed E-state index contributed by atoms with van der Waals surface area (Å²) < 4.78 is 13.4. The summed E-state index contributed by atoms with van der Waals surface area (Å²) in [6.07, 6.45) is 0.155. The number of carbonyl (C=O) groups excluding carboxylic acids is 1. The largest absolute Gasteiger partial charge is 0.381 e. The average Bonchev–Trinajstić information content (AvgIpc) is 2.50. The van der Waals surface area contributed by atoms with Crippen molar-refractivity contribution >= 4 is 42.1 Å². The number of benzene rings is 2. The van der Waals surface area contributed by atoms with Gasteiger partial charge in [0.05, 0.1) is 11.4 Å². The molecule has 138 valence electrons. The number of hydrogen-bond donors (Lipinski definition) is 3. The van der Waals surface area contributed by atoms with Crippen molar-refractivity contribution in [3.8, 4) is 0 Å². The summed E-state index contributed by atoms with van der Waals surface area (Å²) >= 11 is 0. The van der Waals surface area contributed by atoms with Crippen molar-refractivity contribution in [1.82, 2.24) is 0 Å². The van der Waals surface area contributed by atoms with Crippen LogP contribution in [0.25, 0.3) is 0 Å². The van der Waals surface area contributed by atoms with Crippen LogP contribution in [0.2, 0.25) is 0 Å². The first kappa shape index (κ1) is 23.2. The quantitative estimate of drug-likeness (QED) is 0.682. The number of rotatable bonds is 6. The van der Waals surface area contributed by atoms with E-state index in [1.54, 1.807) is 6.07 Å². The number of nitrogens with one attached hydrogen (secondary N) is 2. The molecule has 0 radical (unpaired) electrons. The summed E-state index contributed by atoms with van der Waals surface area (Å²) in [7, 11) is 0. The summed E-state index contributed by atoms with van der Waals surface area (Å²) in [6, 6.07) is 13.4. The van der Waals surface area contributed by atoms with E-state index in [0.717, 1.165) is 5.56 Å². The third kappa shape index (κ3) is 7.30. The second kappa shape index (κ2) is 10.9. The highest BCUT2D eigenvalue weighted by Gasteiger charge is 2.14. The fourth-order valence-electron chi connectivity index (χ4n) is 2.27. The van der Waals surface area contributed by atoms with Gasteiger partial charge in [-0.3, -0.25) is 4.79 Å². The number of carbonyl (C=O) groups is 1. The standard InChI is InChI=1S/C18H22FN3O.2ClH/c1-12(2)21-17-10-14(19)8-9-16(17)22-18(23)11-15(20)13-6-4-3-5-7-13;;/h3-10,12,15,21H,11,20H2,1-2H3,(H,22,23);2*1H. The van der Waals surface area contributed by atoms with Crippen molar-refractivity contribution in [1.29, 1.82) is 0 Å². The van der Waals surface area contributed by atoms with Crippen molar-refractivity contribution < 1.29 is 9.18 Å². The third-order valence-corrected chi connectivity index (χ3v) is 3.33. The lowest BCUT2D eigenvalue weighted by atomic mass is 10.0. The van der Waals surface area contributed by atoms with E-state index in [4.69, 9.17) is 5.73 Å². The van der Waals surface area contributed by atoms with Crippen LogP contribution < -0.4 is 16.4 Å². The lowest BCUT2D eigenvalue weighted by Gasteiger charge is -2.17. The van der Waals surface area contributed by atoms with Crippen LogP contribution >= 0.6 is 24.8 Å². The molecule has 0 fully saturated rings. The Kier molecular flexibility index (Phi) is 10.1. The maximum Gasteiger partial charge on any atom is 0.226 e. The Morgan fingerprint density at radius 1 is 1.08 bits per heavy atom. The van der Waals surface area contributed by atoms with Gasteiger partial charge in [-0.25, -0.2) is 4.39 Å². The predicted octanol–water partition coefficient (Wildman–Crippen LogP) is 4.52. The Balaban J connectivity index is 0.00000288. The van der Waals surface area contributed by atoms with Crippen LogP contribution in [-0.2, 0) is 4.79 Å². The van der Waals surface area contributed by atoms with Gasteiger partial charge in [-0.2, -0.15) is 0 Å². The van der Waals surface area contributed by atoms with Gasteiger partial charge in [0, 0.05) is 18.5 Å². The van der Waals surface area contributed by atoms with Crippen LogP contribution in [0.4, 0.5) is 15.8 Å². The second-order valence-corrected chi connectivity index (χ2v) is 5.76. The Hall–Kier alpha value is -1.82. The number of nitrogens with two attached hydrogens (primary N) is 1. The third-order valence-electron chi connectivity index (χ3n) is 3.33. The van der Waals surface area contributed by atoms with Crippen LogP contribution in [0.1, 0.15) is 31.9 Å². The molecule has 1 unspecified atom stereocenters. The van der Waals surface area contributed by atoms with E-state index in [0.29, 0.717) is 11.4 Å². The van der Waals surface area contributed by atoms with E-state index in [9.17, 15) is 9.18 Å². The molecule has 0 aromatic heterocycles. The molecule has 0 aliphatic carbocycles. The molecule has 2 aromatic rings. The van der Waals surface area contributed by atoms with Gasteiger partial charge in [-0.15, -0.1) is 24.8 Å². The highest BCUT2D eigenvalue weighted by Crippen LogP contribution is 2.24. The van der Waals surface area contributed by atoms with Crippen LogP contribution in [-0.4, -0.2) is 11.9 Å². The van der Waals surface area contributed by atoms with E-state index in [1.165, 1.54) is 12.1 Å². The van der Waals surface area contributed by atoms with E-state index in [-0.39, 0.29) is 55.0 Å². The lowest BCUT2D eigenvalue weighted by Crippen LogP contribution is -2.21. The molecule has 2 aromatic carbocycles. The van der Waals surface area contributed by atoms with Crippen LogP contribution in [0.15, 0.2) is 48.5 Å². The zero-order chi connectivity index (χ0) is 16.8. The van der Waals surface area contributed by atoms with Crippen molar-refractivity contribution in [3.05, 3.63) is 59.9 Å². The summed E-state index contributed by atoms with van der Waals surface area (Å²) in [6.45, 7) is 3.89. The van der Waals surface area contributed by atoms with Crippen molar-refractivity contribution in [2.75, 3.05) is 10.6 Å². The van der Waals surface area contributed by atoms with E-state index >= 15 is 0 Å². The topological polar surface area (TPSA) is 67.1 Å². The zero-order valence-corrected chi connectivity index (χ0v) is 15.8. The summed E-state index contributed by atoms with van der Waals surface area (Å²) in [4.78, 5) is 12.2. The van der Waals surface area contributed by atoms with Crippen molar-refractivity contribution in [3.63, 3.8) is 0 Å². The molecule has 4 N–H and O–H groups in total. The molecule has 0 saturated carbocycles. The fourth-order valence-corrected chi connectivity index (χ4v) is 2.27. The molecule has 0 aliphatic rings. The second-order valence-electron chi connectivity index (χ2n) is 5.76. The first-order chi connectivity index (χ1) is 11.0. The SMILES string of the molecule is CC(C)Nc1cc(F)ccc1NC(=O)CC(N)c1ccccc1.Cl.Cl. The molecule has 4 nitrogen and oxygen atoms in total. The predicted molar refractivity (Wildman–Crippen MR) is 106 cm³/mol. The molecule has 2 rings (SSSR count). The van der Waals surface area contributed by atoms with E-state index < -0.39 is 0 Å². The number of halogens is 3. The molecular weight excluding hydrogens is 364 g/mol. The van der Waals surface area contributed by atoms with Gasteiger partial charge >= 0.3 is 0 Å². The molecule has 25 heavy (non-hydrogen) atoms. The van der Waals surface area contributed by atoms with Crippen LogP contribution in [0, 0.1) is 5.82 Å². The maximum atomic E-state index is 13.4. The maximum absolute atomic E-state index is 13.4. The molecule has 7 heteroatoms. The Labute approximate surface area is 160 Å². The van der Waals surface area contributed by atoms with Gasteiger partial charge in [0.2, 0.25) is 5.91 Å². The highest BCUT2D eigenvalue weighted by atomic mass is 35.5. The van der Waals surface area contributed by atoms with Crippen LogP contribution in [0.5, 0.6) is 0 Å². The fraction of sp³-hybridized carbons (Fsp3) is 0.278. The monoisotopic (exact) mass is 387 g/mol. The van der Waals surface area contributed by atoms with Gasteiger partial charge < -0.3 is 16.4 Å². The summed E-state index contributed by atoms with van der Waals surface area (Å²) in [5.41, 5.74) is 8.06. The van der Waals surface area contributed by atoms with Crippen molar-refractivity contribution in [2.24, 2.45) is 5.73 Å². The molecule has 1 atom stereocenters. The van der Waals surface area contributed by atoms with Crippen molar-refractivity contribution in [2.45, 2.75) is 32.4 Å². The number of anilines is 2. The molecule has 0 bridgehead atoms. The average molecular weight is 388 g/mol. The Bertz CT molecular complexity index is 669. The van der Waals surface area contributed by atoms with Gasteiger partial charge in [0.25, 0.3) is 0 Å². The Morgan fingerprint density at radius 2 is 1.72 bits per heavy atom. The molecule has 0 aliphatic heterocycles. The number of hydrogen-bond acceptors (Lipinski definition) is 3. The minimum atomic E-state index is -0.377. The normalized spacial score (nSPS) is 11.1. The van der Waals surface area contributed by atoms with Gasteiger partial charge in [0.15, 0.2) is 0 Å². The summed E-state index contributed by atoms with van der Waals surface area (Å²) in [5.74, 6) is -0.563. The zero-order valence-electron chi connectivity index (χ0n) is 14.2. The highest BCUT2D eigenvalue weighted by molar-refractivity contribution is 5.94. The smallest absolute Gasteiger partial charge is 0.226 e. The minimum absolute atomic E-state index is 0. The van der Waals surface area contributed by atoms with E-state index in [1.807, 2.05) is 44.2 Å². The number of amides is 1. The van der Waals surface area contributed by atoms with Gasteiger partial charge in [-0.1, -0.05) is 30.3 Å². The molecular formula is C18H24Cl2FN3O. The first-order valence-electron chi connectivity index (χ1n) is 7.62. The Morgan fingerprint density at radius 3 is 2.32 bits per heavy atom. The summed E-state index contributed by atoms with van der Waals surface area (Å²) in [5, 5.41) is 5.91. The van der Waals surface area contributed by atoms with E-state index in [2.05, 4.69) is 10.6 Å². The molecule has 0 spiro atoms.